The molecule has 3 nitrogen and oxygen atoms in total. The molecule has 0 atom stereocenters. The van der Waals surface area contributed by atoms with Crippen LogP contribution in [0.15, 0.2) is 36.1 Å². The predicted octanol–water partition coefficient (Wildman–Crippen LogP) is 2.13. The van der Waals surface area contributed by atoms with Crippen LogP contribution in [0.4, 0.5) is 4.79 Å². The van der Waals surface area contributed by atoms with Crippen molar-refractivity contribution < 1.29 is 9.53 Å². The predicted molar refractivity (Wildman–Crippen MR) is 51.1 cm³/mol. The van der Waals surface area contributed by atoms with Gasteiger partial charge in [0.05, 0.1) is 6.61 Å². The van der Waals surface area contributed by atoms with Gasteiger partial charge in [-0.05, 0) is 19.4 Å². The first kappa shape index (κ1) is 9.58. The van der Waals surface area contributed by atoms with Crippen LogP contribution in [-0.4, -0.2) is 12.7 Å². The third kappa shape index (κ3) is 3.60. The molecule has 0 aliphatic heterocycles. The second kappa shape index (κ2) is 5.19. The van der Waals surface area contributed by atoms with Crippen molar-refractivity contribution in [3.8, 4) is 0 Å². The van der Waals surface area contributed by atoms with E-state index in [1.54, 1.807) is 6.92 Å². The maximum absolute atomic E-state index is 11.0. The van der Waals surface area contributed by atoms with E-state index in [-0.39, 0.29) is 0 Å². The molecular formula is C10H13NO2. The van der Waals surface area contributed by atoms with Crippen molar-refractivity contribution in [2.75, 3.05) is 6.61 Å². The van der Waals surface area contributed by atoms with E-state index in [9.17, 15) is 4.79 Å². The molecule has 1 amide bonds. The minimum atomic E-state index is -0.402. The van der Waals surface area contributed by atoms with Gasteiger partial charge in [0.1, 0.15) is 0 Å². The Balaban J connectivity index is 2.44. The van der Waals surface area contributed by atoms with Gasteiger partial charge in [0.15, 0.2) is 0 Å². The van der Waals surface area contributed by atoms with E-state index in [0.717, 1.165) is 12.1 Å². The van der Waals surface area contributed by atoms with Crippen LogP contribution in [0, 0.1) is 0 Å². The lowest BCUT2D eigenvalue weighted by Gasteiger charge is -2.04. The summed E-state index contributed by atoms with van der Waals surface area (Å²) in [6.07, 6.45) is 10.0. The summed E-state index contributed by atoms with van der Waals surface area (Å²) < 4.78 is 4.74. The molecule has 0 aromatic carbocycles. The van der Waals surface area contributed by atoms with E-state index in [0.29, 0.717) is 6.61 Å². The van der Waals surface area contributed by atoms with E-state index >= 15 is 0 Å². The van der Waals surface area contributed by atoms with Gasteiger partial charge < -0.3 is 4.74 Å². The Kier molecular flexibility index (Phi) is 3.82. The third-order valence-electron chi connectivity index (χ3n) is 1.52. The van der Waals surface area contributed by atoms with E-state index in [2.05, 4.69) is 5.32 Å². The molecule has 1 N–H and O–H groups in total. The molecule has 0 aromatic heterocycles. The first-order chi connectivity index (χ1) is 6.33. The lowest BCUT2D eigenvalue weighted by atomic mass is 10.3. The molecule has 1 aliphatic rings. The summed E-state index contributed by atoms with van der Waals surface area (Å²) in [5.41, 5.74) is 0.781. The van der Waals surface area contributed by atoms with E-state index < -0.39 is 6.09 Å². The number of hydrogen-bond acceptors (Lipinski definition) is 2. The van der Waals surface area contributed by atoms with Crippen molar-refractivity contribution in [3.63, 3.8) is 0 Å². The summed E-state index contributed by atoms with van der Waals surface area (Å²) >= 11 is 0. The highest BCUT2D eigenvalue weighted by molar-refractivity contribution is 5.70. The molecule has 0 bridgehead atoms. The summed E-state index contributed by atoms with van der Waals surface area (Å²) in [7, 11) is 0. The zero-order valence-corrected chi connectivity index (χ0v) is 7.62. The monoisotopic (exact) mass is 179 g/mol. The van der Waals surface area contributed by atoms with Crippen molar-refractivity contribution in [3.05, 3.63) is 36.1 Å². The second-order valence-corrected chi connectivity index (χ2v) is 2.53. The van der Waals surface area contributed by atoms with Gasteiger partial charge >= 0.3 is 6.09 Å². The third-order valence-corrected chi connectivity index (χ3v) is 1.52. The van der Waals surface area contributed by atoms with Crippen LogP contribution >= 0.6 is 0 Å². The van der Waals surface area contributed by atoms with Crippen LogP contribution in [0.1, 0.15) is 13.3 Å². The fraction of sp³-hybridized carbons (Fsp3) is 0.300. The largest absolute Gasteiger partial charge is 0.450 e. The van der Waals surface area contributed by atoms with Gasteiger partial charge in [0.2, 0.25) is 0 Å². The van der Waals surface area contributed by atoms with Gasteiger partial charge in [0, 0.05) is 5.70 Å². The highest BCUT2D eigenvalue weighted by Gasteiger charge is 2.01. The number of rotatable bonds is 2. The number of amides is 1. The summed E-state index contributed by atoms with van der Waals surface area (Å²) in [5, 5.41) is 2.63. The van der Waals surface area contributed by atoms with Crippen molar-refractivity contribution in [1.82, 2.24) is 5.32 Å². The molecule has 0 heterocycles. The van der Waals surface area contributed by atoms with Crippen LogP contribution in [0.25, 0.3) is 0 Å². The Bertz CT molecular complexity index is 264. The Labute approximate surface area is 77.8 Å². The van der Waals surface area contributed by atoms with Gasteiger partial charge in [-0.1, -0.05) is 24.3 Å². The second-order valence-electron chi connectivity index (χ2n) is 2.53. The van der Waals surface area contributed by atoms with Crippen LogP contribution in [0.5, 0.6) is 0 Å². The van der Waals surface area contributed by atoms with Gasteiger partial charge in [0.25, 0.3) is 0 Å². The van der Waals surface area contributed by atoms with E-state index in [1.165, 1.54) is 0 Å². The molecule has 70 valence electrons. The number of nitrogens with one attached hydrogen (secondary N) is 1. The van der Waals surface area contributed by atoms with E-state index in [1.807, 2.05) is 30.4 Å². The number of hydrogen-bond donors (Lipinski definition) is 1. The Morgan fingerprint density at radius 3 is 3.23 bits per heavy atom. The molecular weight excluding hydrogens is 166 g/mol. The standard InChI is InChI=1S/C10H13NO2/c1-2-13-10(12)11-9-7-5-3-4-6-8-9/h3-5,7-8H,2,6H2,1H3,(H,11,12). The van der Waals surface area contributed by atoms with Gasteiger partial charge in [-0.15, -0.1) is 0 Å². The maximum atomic E-state index is 11.0. The average Bonchev–Trinajstić information content (AvgIpc) is 2.33. The molecule has 0 spiro atoms. The molecule has 0 radical (unpaired) electrons. The first-order valence-corrected chi connectivity index (χ1v) is 4.30. The fourth-order valence-corrected chi connectivity index (χ4v) is 0.957. The summed E-state index contributed by atoms with van der Waals surface area (Å²) in [6.45, 7) is 2.17. The Morgan fingerprint density at radius 1 is 1.62 bits per heavy atom. The van der Waals surface area contributed by atoms with Gasteiger partial charge in [-0.3, -0.25) is 5.32 Å². The molecule has 1 rings (SSSR count). The van der Waals surface area contributed by atoms with E-state index in [4.69, 9.17) is 4.74 Å². The Hall–Kier alpha value is -1.51. The molecule has 0 saturated heterocycles. The topological polar surface area (TPSA) is 38.3 Å². The number of alkyl carbamates (subject to hydrolysis) is 1. The molecule has 0 saturated carbocycles. The minimum Gasteiger partial charge on any atom is -0.450 e. The summed E-state index contributed by atoms with van der Waals surface area (Å²) in [6, 6.07) is 0. The van der Waals surface area contributed by atoms with Crippen molar-refractivity contribution in [1.29, 1.82) is 0 Å². The average molecular weight is 179 g/mol. The smallest absolute Gasteiger partial charge is 0.411 e. The molecule has 0 fully saturated rings. The highest BCUT2D eigenvalue weighted by Crippen LogP contribution is 2.01. The number of carbonyl (C=O) groups is 1. The van der Waals surface area contributed by atoms with Crippen LogP contribution in [-0.2, 0) is 4.74 Å². The van der Waals surface area contributed by atoms with Crippen LogP contribution in [0.2, 0.25) is 0 Å². The lowest BCUT2D eigenvalue weighted by molar-refractivity contribution is 0.155. The van der Waals surface area contributed by atoms with Crippen LogP contribution in [0.3, 0.4) is 0 Å². The van der Waals surface area contributed by atoms with Gasteiger partial charge in [-0.2, -0.15) is 0 Å². The quantitative estimate of drug-likeness (QED) is 0.705. The number of allylic oxidation sites excluding steroid dienone is 5. The summed E-state index contributed by atoms with van der Waals surface area (Å²) in [4.78, 5) is 11.0. The Morgan fingerprint density at radius 2 is 2.46 bits per heavy atom. The first-order valence-electron chi connectivity index (χ1n) is 4.30. The zero-order valence-electron chi connectivity index (χ0n) is 7.62. The molecule has 0 aromatic rings. The minimum absolute atomic E-state index is 0.390. The van der Waals surface area contributed by atoms with Crippen molar-refractivity contribution >= 4 is 6.09 Å². The van der Waals surface area contributed by atoms with Crippen molar-refractivity contribution in [2.24, 2.45) is 0 Å². The highest BCUT2D eigenvalue weighted by atomic mass is 16.5. The normalized spacial score (nSPS) is 14.7. The molecule has 13 heavy (non-hydrogen) atoms. The summed E-state index contributed by atoms with van der Waals surface area (Å²) in [5.74, 6) is 0. The number of carbonyl (C=O) groups excluding carboxylic acids is 1. The van der Waals surface area contributed by atoms with Gasteiger partial charge in [-0.25, -0.2) is 4.79 Å². The zero-order chi connectivity index (χ0) is 9.52. The number of ether oxygens (including phenoxy) is 1. The van der Waals surface area contributed by atoms with Crippen molar-refractivity contribution in [2.45, 2.75) is 13.3 Å². The fourth-order valence-electron chi connectivity index (χ4n) is 0.957. The molecule has 3 heteroatoms. The molecule has 0 unspecified atom stereocenters. The SMILES string of the molecule is CCOC(=O)NC1=CCC=CC=C1. The molecule has 1 aliphatic carbocycles. The lowest BCUT2D eigenvalue weighted by Crippen LogP contribution is -2.22. The maximum Gasteiger partial charge on any atom is 0.411 e. The van der Waals surface area contributed by atoms with Crippen LogP contribution < -0.4 is 5.32 Å².